The third kappa shape index (κ3) is 2.62. The van der Waals surface area contributed by atoms with Crippen molar-refractivity contribution in [1.82, 2.24) is 4.98 Å². The fourth-order valence-corrected chi connectivity index (χ4v) is 2.54. The number of hydrogen-bond donors (Lipinski definition) is 2. The maximum atomic E-state index is 5.79. The maximum absolute atomic E-state index is 5.79. The maximum Gasteiger partial charge on any atom is 0.149 e. The van der Waals surface area contributed by atoms with Gasteiger partial charge >= 0.3 is 0 Å². The normalized spacial score (nSPS) is 21.2. The Morgan fingerprint density at radius 1 is 1.29 bits per heavy atom. The summed E-state index contributed by atoms with van der Waals surface area (Å²) in [6, 6.07) is 4.43. The Morgan fingerprint density at radius 2 is 2.12 bits per heavy atom. The lowest BCUT2D eigenvalue weighted by molar-refractivity contribution is 0.552. The van der Waals surface area contributed by atoms with Gasteiger partial charge in [-0.25, -0.2) is 4.98 Å². The molecule has 1 unspecified atom stereocenters. The minimum absolute atomic E-state index is 0.446. The predicted octanol–water partition coefficient (Wildman–Crippen LogP) is 2.40. The van der Waals surface area contributed by atoms with Gasteiger partial charge in [0.1, 0.15) is 11.6 Å². The molecule has 1 atom stereocenters. The van der Waals surface area contributed by atoms with Crippen molar-refractivity contribution in [1.29, 1.82) is 0 Å². The van der Waals surface area contributed by atoms with Crippen LogP contribution in [-0.4, -0.2) is 17.6 Å². The molecule has 0 spiro atoms. The average Bonchev–Trinajstić information content (AvgIpc) is 2.57. The van der Waals surface area contributed by atoms with E-state index in [2.05, 4.69) is 16.8 Å². The molecule has 4 heteroatoms. The van der Waals surface area contributed by atoms with E-state index in [9.17, 15) is 0 Å². The molecule has 1 saturated heterocycles. The smallest absolute Gasteiger partial charge is 0.149 e. The van der Waals surface area contributed by atoms with Crippen molar-refractivity contribution in [3.8, 4) is 0 Å². The number of nitrogen functional groups attached to an aromatic ring is 2. The first kappa shape index (κ1) is 12.0. The zero-order valence-electron chi connectivity index (χ0n) is 10.5. The number of nitrogens with two attached hydrogens (primary N) is 2. The van der Waals surface area contributed by atoms with E-state index in [1.165, 1.54) is 25.7 Å². The topological polar surface area (TPSA) is 68.2 Å². The zero-order valence-corrected chi connectivity index (χ0v) is 10.5. The molecule has 1 aliphatic rings. The third-order valence-electron chi connectivity index (χ3n) is 3.59. The Bertz CT molecular complexity index is 378. The minimum atomic E-state index is 0.446. The van der Waals surface area contributed by atoms with Gasteiger partial charge in [0.2, 0.25) is 0 Å². The van der Waals surface area contributed by atoms with Gasteiger partial charge in [0.15, 0.2) is 0 Å². The van der Waals surface area contributed by atoms with Crippen molar-refractivity contribution < 1.29 is 0 Å². The molecule has 0 aromatic carbocycles. The van der Waals surface area contributed by atoms with Crippen LogP contribution in [-0.2, 0) is 0 Å². The summed E-state index contributed by atoms with van der Waals surface area (Å²) >= 11 is 0. The number of nitrogens with zero attached hydrogens (tertiary/aromatic N) is 2. The van der Waals surface area contributed by atoms with Crippen LogP contribution in [0.1, 0.15) is 39.0 Å². The summed E-state index contributed by atoms with van der Waals surface area (Å²) in [6.07, 6.45) is 6.29. The molecule has 94 valence electrons. The van der Waals surface area contributed by atoms with Gasteiger partial charge in [-0.3, -0.25) is 0 Å². The van der Waals surface area contributed by atoms with Gasteiger partial charge in [-0.15, -0.1) is 0 Å². The van der Waals surface area contributed by atoms with E-state index in [0.29, 0.717) is 17.5 Å². The minimum Gasteiger partial charge on any atom is -0.396 e. The highest BCUT2D eigenvalue weighted by molar-refractivity contribution is 5.62. The molecule has 0 radical (unpaired) electrons. The molecule has 1 fully saturated rings. The van der Waals surface area contributed by atoms with Gasteiger partial charge in [0, 0.05) is 12.6 Å². The highest BCUT2D eigenvalue weighted by atomic mass is 15.2. The van der Waals surface area contributed by atoms with E-state index in [1.54, 1.807) is 0 Å². The highest BCUT2D eigenvalue weighted by Gasteiger charge is 2.20. The summed E-state index contributed by atoms with van der Waals surface area (Å²) in [4.78, 5) is 6.81. The van der Waals surface area contributed by atoms with Crippen LogP contribution in [0.25, 0.3) is 0 Å². The van der Waals surface area contributed by atoms with Crippen LogP contribution in [0.2, 0.25) is 0 Å². The summed E-state index contributed by atoms with van der Waals surface area (Å²) in [5, 5.41) is 0. The Labute approximate surface area is 103 Å². The number of aromatic nitrogens is 1. The average molecular weight is 234 g/mol. The van der Waals surface area contributed by atoms with E-state index in [-0.39, 0.29) is 0 Å². The molecule has 4 nitrogen and oxygen atoms in total. The quantitative estimate of drug-likeness (QED) is 0.824. The van der Waals surface area contributed by atoms with E-state index in [0.717, 1.165) is 18.8 Å². The van der Waals surface area contributed by atoms with Crippen molar-refractivity contribution in [2.75, 3.05) is 22.9 Å². The van der Waals surface area contributed by atoms with Crippen LogP contribution >= 0.6 is 0 Å². The van der Waals surface area contributed by atoms with Gasteiger partial charge in [-0.1, -0.05) is 19.8 Å². The Hall–Kier alpha value is -1.45. The molecule has 2 heterocycles. The number of pyridine rings is 1. The third-order valence-corrected chi connectivity index (χ3v) is 3.59. The van der Waals surface area contributed by atoms with E-state index < -0.39 is 0 Å². The van der Waals surface area contributed by atoms with Crippen molar-refractivity contribution in [3.63, 3.8) is 0 Å². The summed E-state index contributed by atoms with van der Waals surface area (Å²) in [7, 11) is 0. The molecule has 1 aliphatic heterocycles. The van der Waals surface area contributed by atoms with Crippen molar-refractivity contribution in [2.24, 2.45) is 0 Å². The molecule has 0 bridgehead atoms. The summed E-state index contributed by atoms with van der Waals surface area (Å²) in [6.45, 7) is 3.32. The lowest BCUT2D eigenvalue weighted by Gasteiger charge is -2.30. The van der Waals surface area contributed by atoms with Crippen LogP contribution in [0.3, 0.4) is 0 Å². The summed E-state index contributed by atoms with van der Waals surface area (Å²) < 4.78 is 0. The predicted molar refractivity (Wildman–Crippen MR) is 73.0 cm³/mol. The first-order valence-electron chi connectivity index (χ1n) is 6.51. The van der Waals surface area contributed by atoms with Gasteiger partial charge < -0.3 is 16.4 Å². The fraction of sp³-hybridized carbons (Fsp3) is 0.615. The largest absolute Gasteiger partial charge is 0.396 e. The number of anilines is 3. The molecule has 1 aromatic heterocycles. The van der Waals surface area contributed by atoms with Crippen molar-refractivity contribution in [3.05, 3.63) is 12.1 Å². The van der Waals surface area contributed by atoms with Crippen LogP contribution < -0.4 is 16.4 Å². The lowest BCUT2D eigenvalue weighted by atomic mass is 10.1. The van der Waals surface area contributed by atoms with Crippen LogP contribution in [0.15, 0.2) is 12.1 Å². The molecule has 2 rings (SSSR count). The van der Waals surface area contributed by atoms with Crippen LogP contribution in [0, 0.1) is 0 Å². The molecule has 1 aromatic rings. The van der Waals surface area contributed by atoms with Gasteiger partial charge in [-0.05, 0) is 31.4 Å². The molecule has 0 aliphatic carbocycles. The molecular formula is C13H22N4. The van der Waals surface area contributed by atoms with E-state index >= 15 is 0 Å². The van der Waals surface area contributed by atoms with Crippen molar-refractivity contribution >= 4 is 17.3 Å². The molecule has 0 amide bonds. The summed E-state index contributed by atoms with van der Waals surface area (Å²) in [5.74, 6) is 1.42. The SMILES string of the molecule is CCC1CCCCCN1c1ccc(N)c(N)n1. The zero-order chi connectivity index (χ0) is 12.3. The number of rotatable bonds is 2. The lowest BCUT2D eigenvalue weighted by Crippen LogP contribution is -2.35. The van der Waals surface area contributed by atoms with Gasteiger partial charge in [-0.2, -0.15) is 0 Å². The number of hydrogen-bond acceptors (Lipinski definition) is 4. The van der Waals surface area contributed by atoms with Crippen LogP contribution in [0.5, 0.6) is 0 Å². The van der Waals surface area contributed by atoms with E-state index in [4.69, 9.17) is 11.5 Å². The highest BCUT2D eigenvalue weighted by Crippen LogP contribution is 2.26. The Kier molecular flexibility index (Phi) is 3.71. The first-order chi connectivity index (χ1) is 8.22. The fourth-order valence-electron chi connectivity index (χ4n) is 2.54. The van der Waals surface area contributed by atoms with Gasteiger partial charge in [0.25, 0.3) is 0 Å². The standard InChI is InChI=1S/C13H22N4/c1-2-10-6-4-3-5-9-17(10)12-8-7-11(14)13(15)16-12/h7-8,10H,2-6,9,14H2,1H3,(H2,15,16). The second-order valence-corrected chi connectivity index (χ2v) is 4.75. The second kappa shape index (κ2) is 5.25. The monoisotopic (exact) mass is 234 g/mol. The second-order valence-electron chi connectivity index (χ2n) is 4.75. The Balaban J connectivity index is 2.25. The van der Waals surface area contributed by atoms with Gasteiger partial charge in [0.05, 0.1) is 5.69 Å². The van der Waals surface area contributed by atoms with Crippen molar-refractivity contribution in [2.45, 2.75) is 45.1 Å². The summed E-state index contributed by atoms with van der Waals surface area (Å²) in [5.41, 5.74) is 12.1. The molecule has 4 N–H and O–H groups in total. The molecule has 17 heavy (non-hydrogen) atoms. The van der Waals surface area contributed by atoms with E-state index in [1.807, 2.05) is 12.1 Å². The van der Waals surface area contributed by atoms with Crippen LogP contribution in [0.4, 0.5) is 17.3 Å². The molecular weight excluding hydrogens is 212 g/mol. The Morgan fingerprint density at radius 3 is 2.82 bits per heavy atom. The first-order valence-corrected chi connectivity index (χ1v) is 6.51. The molecule has 0 saturated carbocycles.